The van der Waals surface area contributed by atoms with Crippen molar-refractivity contribution in [2.24, 2.45) is 0 Å². The number of anilines is 2. The third-order valence-electron chi connectivity index (χ3n) is 3.82. The van der Waals surface area contributed by atoms with Gasteiger partial charge in [-0.25, -0.2) is 4.79 Å². The molecule has 30 heavy (non-hydrogen) atoms. The fraction of sp³-hybridized carbons (Fsp3) is 0.211. The minimum Gasteiger partial charge on any atom is -0.481 e. The molecule has 0 saturated carbocycles. The first-order valence-electron chi connectivity index (χ1n) is 8.31. The molecular formula is C19H20Cl2N2O7. The molecule has 0 amide bonds. The lowest BCUT2D eigenvalue weighted by molar-refractivity contribution is -0.170. The summed E-state index contributed by atoms with van der Waals surface area (Å²) in [5, 5.41) is 35.0. The summed E-state index contributed by atoms with van der Waals surface area (Å²) in [6, 6.07) is 11.2. The van der Waals surface area contributed by atoms with E-state index in [0.29, 0.717) is 21.4 Å². The van der Waals surface area contributed by atoms with Crippen LogP contribution in [0, 0.1) is 0 Å². The number of benzene rings is 2. The van der Waals surface area contributed by atoms with E-state index >= 15 is 0 Å². The second-order valence-electron chi connectivity index (χ2n) is 6.37. The van der Waals surface area contributed by atoms with Crippen molar-refractivity contribution in [2.45, 2.75) is 24.9 Å². The van der Waals surface area contributed by atoms with Gasteiger partial charge in [-0.1, -0.05) is 35.3 Å². The molecule has 0 saturated heterocycles. The molecule has 0 aliphatic heterocycles. The van der Waals surface area contributed by atoms with Crippen molar-refractivity contribution in [3.05, 3.63) is 57.6 Å². The number of carbonyl (C=O) groups is 3. The van der Waals surface area contributed by atoms with Crippen molar-refractivity contribution in [2.75, 3.05) is 11.5 Å². The maximum atomic E-state index is 10.3. The van der Waals surface area contributed by atoms with Crippen LogP contribution in [0.5, 0.6) is 0 Å². The Bertz CT molecular complexity index is 885. The van der Waals surface area contributed by atoms with Crippen molar-refractivity contribution < 1.29 is 34.8 Å². The number of hydrogen-bond donors (Lipinski definition) is 6. The summed E-state index contributed by atoms with van der Waals surface area (Å²) in [5.74, 6) is -5.02. The van der Waals surface area contributed by atoms with Crippen molar-refractivity contribution in [3.8, 4) is 0 Å². The average molecular weight is 459 g/mol. The van der Waals surface area contributed by atoms with Gasteiger partial charge in [-0.15, -0.1) is 0 Å². The van der Waals surface area contributed by atoms with E-state index < -0.39 is 36.4 Å². The van der Waals surface area contributed by atoms with Gasteiger partial charge < -0.3 is 31.9 Å². The van der Waals surface area contributed by atoms with Crippen LogP contribution in [0.25, 0.3) is 0 Å². The zero-order chi connectivity index (χ0) is 23.1. The molecule has 0 unspecified atom stereocenters. The van der Waals surface area contributed by atoms with Gasteiger partial charge in [0.2, 0.25) is 0 Å². The molecule has 0 aliphatic rings. The highest BCUT2D eigenvalue weighted by molar-refractivity contribution is 6.33. The lowest BCUT2D eigenvalue weighted by Crippen LogP contribution is -2.42. The summed E-state index contributed by atoms with van der Waals surface area (Å²) in [4.78, 5) is 30.5. The molecule has 8 N–H and O–H groups in total. The fourth-order valence-corrected chi connectivity index (χ4v) is 2.72. The second-order valence-corrected chi connectivity index (χ2v) is 7.18. The summed E-state index contributed by atoms with van der Waals surface area (Å²) in [6.07, 6.45) is -1.54. The van der Waals surface area contributed by atoms with Crippen LogP contribution in [-0.2, 0) is 20.8 Å². The summed E-state index contributed by atoms with van der Waals surface area (Å²) < 4.78 is 0. The zero-order valence-electron chi connectivity index (χ0n) is 15.5. The first kappa shape index (κ1) is 25.0. The Morgan fingerprint density at radius 3 is 1.43 bits per heavy atom. The van der Waals surface area contributed by atoms with Gasteiger partial charge in [0, 0.05) is 0 Å². The average Bonchev–Trinajstić information content (AvgIpc) is 2.60. The Morgan fingerprint density at radius 1 is 0.800 bits per heavy atom. The molecule has 11 heteroatoms. The molecule has 0 atom stereocenters. The topological polar surface area (TPSA) is 184 Å². The lowest BCUT2D eigenvalue weighted by Gasteiger charge is -2.18. The summed E-state index contributed by atoms with van der Waals surface area (Å²) in [7, 11) is 0. The molecule has 0 bridgehead atoms. The normalized spacial score (nSPS) is 10.6. The van der Waals surface area contributed by atoms with Crippen LogP contribution in [0.15, 0.2) is 36.4 Å². The molecule has 2 rings (SSSR count). The number of nitrogen functional groups attached to an aromatic ring is 2. The molecule has 0 heterocycles. The number of aliphatic hydroxyl groups is 1. The molecular weight excluding hydrogens is 439 g/mol. The highest BCUT2D eigenvalue weighted by Crippen LogP contribution is 2.24. The number of carboxylic acid groups (broad SMARTS) is 3. The van der Waals surface area contributed by atoms with Gasteiger partial charge in [-0.2, -0.15) is 0 Å². The van der Waals surface area contributed by atoms with Crippen LogP contribution in [0.3, 0.4) is 0 Å². The minimum atomic E-state index is -2.74. The predicted molar refractivity (Wildman–Crippen MR) is 112 cm³/mol. The van der Waals surface area contributed by atoms with E-state index in [1.807, 2.05) is 24.3 Å². The number of nitrogens with two attached hydrogens (primary N) is 2. The Morgan fingerprint density at radius 2 is 1.17 bits per heavy atom. The molecule has 0 aromatic heterocycles. The second kappa shape index (κ2) is 10.7. The molecule has 2 aromatic carbocycles. The van der Waals surface area contributed by atoms with Crippen LogP contribution in [0.4, 0.5) is 11.4 Å². The van der Waals surface area contributed by atoms with Gasteiger partial charge in [0.15, 0.2) is 5.60 Å². The quantitative estimate of drug-likeness (QED) is 0.339. The van der Waals surface area contributed by atoms with Crippen LogP contribution >= 0.6 is 23.2 Å². The monoisotopic (exact) mass is 458 g/mol. The Balaban J connectivity index is 0.000000314. The highest BCUT2D eigenvalue weighted by atomic mass is 35.5. The zero-order valence-corrected chi connectivity index (χ0v) is 17.0. The maximum Gasteiger partial charge on any atom is 0.336 e. The summed E-state index contributed by atoms with van der Waals surface area (Å²) in [6.45, 7) is 0. The van der Waals surface area contributed by atoms with Crippen molar-refractivity contribution in [1.29, 1.82) is 0 Å². The molecule has 0 spiro atoms. The molecule has 0 aliphatic carbocycles. The van der Waals surface area contributed by atoms with Gasteiger partial charge >= 0.3 is 17.9 Å². The van der Waals surface area contributed by atoms with E-state index in [4.69, 9.17) is 55.1 Å². The van der Waals surface area contributed by atoms with E-state index in [9.17, 15) is 14.4 Å². The van der Waals surface area contributed by atoms with Crippen LogP contribution in [0.2, 0.25) is 10.0 Å². The Kier molecular flexibility index (Phi) is 8.91. The standard InChI is InChI=1S/C13H12Cl2N2.C6H8O7/c14-10-6-8(1-3-12(10)16)5-9-2-4-13(17)11(15)7-9;7-3(8)1-6(13,5(11)12)2-4(9)10/h1-4,6-7H,5,16-17H2;13H,1-2H2,(H,7,8)(H,9,10)(H,11,12). The van der Waals surface area contributed by atoms with E-state index in [1.54, 1.807) is 12.1 Å². The van der Waals surface area contributed by atoms with Gasteiger partial charge in [0.1, 0.15) is 0 Å². The Hall–Kier alpha value is -3.01. The van der Waals surface area contributed by atoms with Crippen molar-refractivity contribution >= 4 is 52.5 Å². The number of hydrogen-bond acceptors (Lipinski definition) is 6. The first-order chi connectivity index (χ1) is 13.8. The predicted octanol–water partition coefficient (Wildman–Crippen LogP) is 2.50. The number of carboxylic acids is 3. The first-order valence-corrected chi connectivity index (χ1v) is 9.07. The van der Waals surface area contributed by atoms with Crippen LogP contribution < -0.4 is 11.5 Å². The fourth-order valence-electron chi connectivity index (χ4n) is 2.31. The van der Waals surface area contributed by atoms with Gasteiger partial charge in [-0.3, -0.25) is 9.59 Å². The van der Waals surface area contributed by atoms with Gasteiger partial charge in [0.05, 0.1) is 34.3 Å². The van der Waals surface area contributed by atoms with Crippen molar-refractivity contribution in [1.82, 2.24) is 0 Å². The smallest absolute Gasteiger partial charge is 0.336 e. The van der Waals surface area contributed by atoms with Gasteiger partial charge in [-0.05, 0) is 41.8 Å². The van der Waals surface area contributed by atoms with E-state index in [1.165, 1.54) is 0 Å². The number of rotatable bonds is 7. The lowest BCUT2D eigenvalue weighted by atomic mass is 9.96. The van der Waals surface area contributed by atoms with Crippen LogP contribution in [0.1, 0.15) is 24.0 Å². The SMILES string of the molecule is Nc1ccc(Cc2ccc(N)c(Cl)c2)cc1Cl.O=C(O)CC(O)(CC(=O)O)C(=O)O. The van der Waals surface area contributed by atoms with E-state index in [2.05, 4.69) is 0 Å². The minimum absolute atomic E-state index is 0.573. The Labute approximate surface area is 181 Å². The van der Waals surface area contributed by atoms with Gasteiger partial charge in [0.25, 0.3) is 0 Å². The third-order valence-corrected chi connectivity index (χ3v) is 4.48. The summed E-state index contributed by atoms with van der Waals surface area (Å²) in [5.41, 5.74) is 11.9. The largest absolute Gasteiger partial charge is 0.481 e. The summed E-state index contributed by atoms with van der Waals surface area (Å²) >= 11 is 11.9. The highest BCUT2D eigenvalue weighted by Gasteiger charge is 2.40. The molecule has 9 nitrogen and oxygen atoms in total. The van der Waals surface area contributed by atoms with Crippen molar-refractivity contribution in [3.63, 3.8) is 0 Å². The third kappa shape index (κ3) is 7.78. The van der Waals surface area contributed by atoms with E-state index in [0.717, 1.165) is 17.5 Å². The van der Waals surface area contributed by atoms with E-state index in [-0.39, 0.29) is 0 Å². The molecule has 0 fully saturated rings. The molecule has 2 aromatic rings. The molecule has 0 radical (unpaired) electrons. The number of halogens is 2. The maximum absolute atomic E-state index is 10.3. The molecule has 162 valence electrons. The number of aliphatic carboxylic acids is 3. The van der Waals surface area contributed by atoms with Crippen LogP contribution in [-0.4, -0.2) is 43.9 Å².